The second-order valence-corrected chi connectivity index (χ2v) is 19.6. The molecule has 7 rings (SSSR count). The van der Waals surface area contributed by atoms with Gasteiger partial charge in [-0.3, -0.25) is 4.21 Å². The molecule has 0 aromatic carbocycles. The number of fused-ring (bicyclic) bond motifs is 7. The predicted octanol–water partition coefficient (Wildman–Crippen LogP) is 8.74. The van der Waals surface area contributed by atoms with E-state index in [0.717, 1.165) is 42.6 Å². The number of hydrogen-bond donors (Lipinski definition) is 2. The fourth-order valence-corrected chi connectivity index (χ4v) is 14.8. The Morgan fingerprint density at radius 1 is 0.860 bits per heavy atom. The lowest BCUT2D eigenvalue weighted by molar-refractivity contribution is -0.212. The van der Waals surface area contributed by atoms with Crippen LogP contribution in [0.5, 0.6) is 0 Å². The third-order valence-corrected chi connectivity index (χ3v) is 17.6. The Kier molecular flexibility index (Phi) is 8.03. The van der Waals surface area contributed by atoms with Crippen molar-refractivity contribution in [3.63, 3.8) is 0 Å². The van der Waals surface area contributed by atoms with Gasteiger partial charge in [0.15, 0.2) is 0 Å². The molecule has 10 atom stereocenters. The molecule has 1 saturated heterocycles. The third-order valence-electron chi connectivity index (χ3n) is 16.3. The second-order valence-electron chi connectivity index (χ2n) is 17.9. The average molecular weight is 610 g/mol. The van der Waals surface area contributed by atoms with E-state index in [1.54, 1.807) is 11.1 Å². The predicted molar refractivity (Wildman–Crippen MR) is 180 cm³/mol. The minimum Gasteiger partial charge on any atom is -0.390 e. The number of aliphatic hydroxyl groups is 1. The van der Waals surface area contributed by atoms with Gasteiger partial charge in [0, 0.05) is 27.8 Å². The van der Waals surface area contributed by atoms with E-state index in [1.165, 1.54) is 83.5 Å². The molecule has 2 N–H and O–H groups in total. The standard InChI is InChI=1S/C39H63NO2S/c1-27-8-10-29(11-9-27)30-14-17-35(3)31(28(30)2)15-18-37(5)34(35)13-12-32-33-7-6-16-39(33,20-19-36(32,37)4)40-24-21-38(41)22-25-43(42)26-23-38/h10,14,27-28,31-34,40-41H,6-9,11-13,15-26H2,1-5H3/t27?,28?,31?,32?,33?,34?,35?,36-,37-,38?,39?,43?/m1/s1. The molecule has 1 aliphatic heterocycles. The second kappa shape index (κ2) is 11.1. The van der Waals surface area contributed by atoms with Crippen molar-refractivity contribution in [1.29, 1.82) is 0 Å². The average Bonchev–Trinajstić information content (AvgIpc) is 3.40. The molecule has 4 heteroatoms. The highest BCUT2D eigenvalue weighted by molar-refractivity contribution is 7.85. The maximum Gasteiger partial charge on any atom is 0.0677 e. The van der Waals surface area contributed by atoms with E-state index in [2.05, 4.69) is 52.1 Å². The largest absolute Gasteiger partial charge is 0.390 e. The quantitative estimate of drug-likeness (QED) is 0.328. The van der Waals surface area contributed by atoms with Crippen LogP contribution in [0.15, 0.2) is 23.3 Å². The summed E-state index contributed by atoms with van der Waals surface area (Å²) in [5.74, 6) is 6.23. The Bertz CT molecular complexity index is 1170. The first-order valence-electron chi connectivity index (χ1n) is 18.6. The topological polar surface area (TPSA) is 49.3 Å². The summed E-state index contributed by atoms with van der Waals surface area (Å²) in [6.45, 7) is 14.2. The lowest BCUT2D eigenvalue weighted by atomic mass is 9.34. The first kappa shape index (κ1) is 31.2. The molecule has 4 saturated carbocycles. The van der Waals surface area contributed by atoms with Crippen LogP contribution in [0.3, 0.4) is 0 Å². The first-order chi connectivity index (χ1) is 20.4. The summed E-state index contributed by atoms with van der Waals surface area (Å²) in [5.41, 5.74) is 4.44. The van der Waals surface area contributed by atoms with Crippen molar-refractivity contribution in [2.45, 2.75) is 148 Å². The van der Waals surface area contributed by atoms with Gasteiger partial charge in [-0.2, -0.15) is 0 Å². The lowest BCUT2D eigenvalue weighted by Crippen LogP contribution is -2.67. The monoisotopic (exact) mass is 609 g/mol. The van der Waals surface area contributed by atoms with Gasteiger partial charge >= 0.3 is 0 Å². The van der Waals surface area contributed by atoms with Gasteiger partial charge < -0.3 is 10.4 Å². The molecule has 43 heavy (non-hydrogen) atoms. The SMILES string of the molecule is CC1CC=C(C2=CCC3(C)C(CC[C@]4(C)C3CCC3C5CCCC5(NCCC5(O)CCS(=O)CC5)CC[C@]34C)C2C)CC1. The molecule has 242 valence electrons. The molecule has 7 aliphatic rings. The van der Waals surface area contributed by atoms with Crippen molar-refractivity contribution in [2.24, 2.45) is 51.8 Å². The third kappa shape index (κ3) is 4.87. The number of rotatable bonds is 5. The van der Waals surface area contributed by atoms with Gasteiger partial charge in [-0.15, -0.1) is 0 Å². The molecular weight excluding hydrogens is 547 g/mol. The molecule has 8 unspecified atom stereocenters. The molecule has 0 bridgehead atoms. The summed E-state index contributed by atoms with van der Waals surface area (Å²) in [4.78, 5) is 0. The number of allylic oxidation sites excluding steroid dienone is 4. The van der Waals surface area contributed by atoms with Gasteiger partial charge in [0.2, 0.25) is 0 Å². The van der Waals surface area contributed by atoms with Crippen molar-refractivity contribution < 1.29 is 9.32 Å². The molecule has 0 amide bonds. The van der Waals surface area contributed by atoms with Crippen LogP contribution in [-0.2, 0) is 10.8 Å². The highest BCUT2D eigenvalue weighted by Gasteiger charge is 2.68. The fourth-order valence-electron chi connectivity index (χ4n) is 13.4. The molecule has 0 aromatic rings. The Balaban J connectivity index is 1.09. The van der Waals surface area contributed by atoms with E-state index in [-0.39, 0.29) is 5.54 Å². The molecule has 0 radical (unpaired) electrons. The van der Waals surface area contributed by atoms with Crippen LogP contribution in [0.2, 0.25) is 0 Å². The Labute approximate surface area is 266 Å². The van der Waals surface area contributed by atoms with Crippen molar-refractivity contribution in [3.05, 3.63) is 23.3 Å². The minimum absolute atomic E-state index is 0.282. The normalized spacial score (nSPS) is 53.1. The van der Waals surface area contributed by atoms with Gasteiger partial charge in [-0.25, -0.2) is 0 Å². The van der Waals surface area contributed by atoms with Crippen LogP contribution < -0.4 is 5.32 Å². The molecular formula is C39H63NO2S. The Morgan fingerprint density at radius 3 is 2.40 bits per heavy atom. The van der Waals surface area contributed by atoms with Crippen LogP contribution in [0.4, 0.5) is 0 Å². The van der Waals surface area contributed by atoms with Crippen LogP contribution in [0.1, 0.15) is 137 Å². The van der Waals surface area contributed by atoms with E-state index >= 15 is 0 Å². The van der Waals surface area contributed by atoms with E-state index in [9.17, 15) is 9.32 Å². The number of hydrogen-bond acceptors (Lipinski definition) is 3. The van der Waals surface area contributed by atoms with Crippen molar-refractivity contribution in [3.8, 4) is 0 Å². The van der Waals surface area contributed by atoms with Crippen LogP contribution in [0, 0.1) is 51.8 Å². The molecule has 1 heterocycles. The Morgan fingerprint density at radius 2 is 1.65 bits per heavy atom. The smallest absolute Gasteiger partial charge is 0.0677 e. The molecule has 6 aliphatic carbocycles. The van der Waals surface area contributed by atoms with E-state index < -0.39 is 16.4 Å². The summed E-state index contributed by atoms with van der Waals surface area (Å²) < 4.78 is 11.9. The summed E-state index contributed by atoms with van der Waals surface area (Å²) in [5, 5.41) is 15.4. The summed E-state index contributed by atoms with van der Waals surface area (Å²) in [6, 6.07) is 0. The molecule has 0 aromatic heterocycles. The first-order valence-corrected chi connectivity index (χ1v) is 20.1. The molecule has 3 nitrogen and oxygen atoms in total. The Hall–Kier alpha value is -0.450. The molecule has 0 spiro atoms. The maximum absolute atomic E-state index is 11.9. The van der Waals surface area contributed by atoms with E-state index in [0.29, 0.717) is 46.5 Å². The molecule has 5 fully saturated rings. The van der Waals surface area contributed by atoms with Gasteiger partial charge in [-0.05, 0) is 166 Å². The zero-order valence-electron chi connectivity index (χ0n) is 28.3. The van der Waals surface area contributed by atoms with Gasteiger partial charge in [-0.1, -0.05) is 53.2 Å². The fraction of sp³-hybridized carbons (Fsp3) is 0.897. The zero-order valence-corrected chi connectivity index (χ0v) is 29.1. The van der Waals surface area contributed by atoms with Crippen LogP contribution >= 0.6 is 0 Å². The van der Waals surface area contributed by atoms with Crippen molar-refractivity contribution in [2.75, 3.05) is 18.1 Å². The highest BCUT2D eigenvalue weighted by atomic mass is 32.2. The van der Waals surface area contributed by atoms with Crippen molar-refractivity contribution >= 4 is 10.8 Å². The van der Waals surface area contributed by atoms with E-state index in [1.807, 2.05) is 0 Å². The van der Waals surface area contributed by atoms with Gasteiger partial charge in [0.1, 0.15) is 0 Å². The minimum atomic E-state index is -0.718. The zero-order chi connectivity index (χ0) is 30.3. The summed E-state index contributed by atoms with van der Waals surface area (Å²) in [6.07, 6.45) is 25.4. The summed E-state index contributed by atoms with van der Waals surface area (Å²) >= 11 is 0. The highest BCUT2D eigenvalue weighted by Crippen LogP contribution is 2.75. The number of nitrogens with one attached hydrogen (secondary N) is 1. The van der Waals surface area contributed by atoms with Gasteiger partial charge in [0.05, 0.1) is 5.60 Å². The lowest BCUT2D eigenvalue weighted by Gasteiger charge is -2.71. The maximum atomic E-state index is 11.9. The van der Waals surface area contributed by atoms with E-state index in [4.69, 9.17) is 0 Å². The van der Waals surface area contributed by atoms with Crippen LogP contribution in [-0.4, -0.2) is 38.5 Å². The van der Waals surface area contributed by atoms with Crippen molar-refractivity contribution in [1.82, 2.24) is 5.32 Å². The summed E-state index contributed by atoms with van der Waals surface area (Å²) in [7, 11) is -0.718. The van der Waals surface area contributed by atoms with Gasteiger partial charge in [0.25, 0.3) is 0 Å². The van der Waals surface area contributed by atoms with Crippen LogP contribution in [0.25, 0.3) is 0 Å².